The molecule has 0 amide bonds. The van der Waals surface area contributed by atoms with Crippen LogP contribution in [0, 0.1) is 0 Å². The molecule has 0 saturated heterocycles. The molecule has 1 N–H and O–H groups in total. The van der Waals surface area contributed by atoms with E-state index in [1.807, 2.05) is 6.92 Å². The van der Waals surface area contributed by atoms with Crippen LogP contribution in [0.4, 0.5) is 13.2 Å². The van der Waals surface area contributed by atoms with Gasteiger partial charge >= 0.3 is 6.18 Å². The molecule has 2 nitrogen and oxygen atoms in total. The first kappa shape index (κ1) is 12.7. The molecule has 0 heterocycles. The van der Waals surface area contributed by atoms with Crippen LogP contribution in [0.15, 0.2) is 0 Å². The quantitative estimate of drug-likeness (QED) is 0.660. The van der Waals surface area contributed by atoms with Gasteiger partial charge < -0.3 is 10.1 Å². The van der Waals surface area contributed by atoms with Gasteiger partial charge in [-0.05, 0) is 19.9 Å². The van der Waals surface area contributed by atoms with E-state index < -0.39 is 12.6 Å². The highest BCUT2D eigenvalue weighted by Gasteiger charge is 2.25. The molecule has 0 aromatic carbocycles. The lowest BCUT2D eigenvalue weighted by Gasteiger charge is -2.12. The smallest absolute Gasteiger partial charge is 0.383 e. The highest BCUT2D eigenvalue weighted by atomic mass is 19.4. The van der Waals surface area contributed by atoms with E-state index in [0.717, 1.165) is 0 Å². The van der Waals surface area contributed by atoms with E-state index in [1.54, 1.807) is 7.11 Å². The van der Waals surface area contributed by atoms with Crippen LogP contribution in [-0.2, 0) is 4.74 Å². The van der Waals surface area contributed by atoms with Crippen LogP contribution in [0.1, 0.15) is 19.8 Å². The zero-order valence-corrected chi connectivity index (χ0v) is 7.95. The Kier molecular flexibility index (Phi) is 6.07. The van der Waals surface area contributed by atoms with Crippen molar-refractivity contribution >= 4 is 0 Å². The molecule has 0 fully saturated rings. The van der Waals surface area contributed by atoms with Gasteiger partial charge in [-0.2, -0.15) is 13.2 Å². The molecule has 0 saturated carbocycles. The summed E-state index contributed by atoms with van der Waals surface area (Å²) in [5.74, 6) is 0. The van der Waals surface area contributed by atoms with Crippen molar-refractivity contribution in [3.8, 4) is 0 Å². The molecular weight excluding hydrogens is 183 g/mol. The number of hydrogen-bond donors (Lipinski definition) is 1. The Morgan fingerprint density at radius 1 is 1.38 bits per heavy atom. The van der Waals surface area contributed by atoms with Crippen molar-refractivity contribution in [3.05, 3.63) is 0 Å². The lowest BCUT2D eigenvalue weighted by Crippen LogP contribution is -2.31. The van der Waals surface area contributed by atoms with Crippen LogP contribution in [0.5, 0.6) is 0 Å². The summed E-state index contributed by atoms with van der Waals surface area (Å²) in [6.07, 6.45) is -4.64. The van der Waals surface area contributed by atoms with Crippen molar-refractivity contribution in [1.82, 2.24) is 5.32 Å². The highest BCUT2D eigenvalue weighted by Crippen LogP contribution is 2.20. The van der Waals surface area contributed by atoms with Crippen molar-refractivity contribution in [1.29, 1.82) is 0 Å². The summed E-state index contributed by atoms with van der Waals surface area (Å²) in [7, 11) is 1.56. The number of halogens is 3. The number of ether oxygens (including phenoxy) is 1. The second-order valence-electron chi connectivity index (χ2n) is 3.03. The standard InChI is InChI=1S/C8H16F3NO/c1-7(6-13-2)12-5-3-4-8(9,10)11/h7,12H,3-6H2,1-2H3/t7-/m0/s1. The lowest BCUT2D eigenvalue weighted by atomic mass is 10.3. The fourth-order valence-corrected chi connectivity index (χ4v) is 0.946. The molecule has 0 spiro atoms. The first-order valence-corrected chi connectivity index (χ1v) is 4.25. The third kappa shape index (κ3) is 9.63. The molecular formula is C8H16F3NO. The Morgan fingerprint density at radius 3 is 2.46 bits per heavy atom. The molecule has 13 heavy (non-hydrogen) atoms. The Balaban J connectivity index is 3.25. The van der Waals surface area contributed by atoms with Crippen molar-refractivity contribution in [2.45, 2.75) is 32.0 Å². The molecule has 1 atom stereocenters. The summed E-state index contributed by atoms with van der Waals surface area (Å²) < 4.78 is 39.8. The summed E-state index contributed by atoms with van der Waals surface area (Å²) in [5.41, 5.74) is 0. The predicted octanol–water partition coefficient (Wildman–Crippen LogP) is 1.95. The minimum absolute atomic E-state index is 0.109. The third-order valence-corrected chi connectivity index (χ3v) is 1.55. The van der Waals surface area contributed by atoms with Gasteiger partial charge in [0.25, 0.3) is 0 Å². The Morgan fingerprint density at radius 2 is 2.00 bits per heavy atom. The maximum Gasteiger partial charge on any atom is 0.389 e. The maximum absolute atomic E-state index is 11.7. The van der Waals surface area contributed by atoms with Crippen molar-refractivity contribution in [2.75, 3.05) is 20.3 Å². The first-order valence-electron chi connectivity index (χ1n) is 4.25. The minimum Gasteiger partial charge on any atom is -0.383 e. The summed E-state index contributed by atoms with van der Waals surface area (Å²) in [6, 6.07) is 0.109. The van der Waals surface area contributed by atoms with Gasteiger partial charge in [0.15, 0.2) is 0 Å². The summed E-state index contributed by atoms with van der Waals surface area (Å²) in [5, 5.41) is 2.93. The van der Waals surface area contributed by atoms with Crippen LogP contribution in [0.3, 0.4) is 0 Å². The second-order valence-corrected chi connectivity index (χ2v) is 3.03. The van der Waals surface area contributed by atoms with Crippen molar-refractivity contribution < 1.29 is 17.9 Å². The molecule has 0 bridgehead atoms. The minimum atomic E-state index is -4.04. The number of alkyl halides is 3. The monoisotopic (exact) mass is 199 g/mol. The van der Waals surface area contributed by atoms with Gasteiger partial charge in [0, 0.05) is 19.6 Å². The van der Waals surface area contributed by atoms with Gasteiger partial charge in [0.2, 0.25) is 0 Å². The van der Waals surface area contributed by atoms with E-state index in [-0.39, 0.29) is 12.5 Å². The molecule has 0 aliphatic carbocycles. The average molecular weight is 199 g/mol. The van der Waals surface area contributed by atoms with Gasteiger partial charge in [-0.15, -0.1) is 0 Å². The fourth-order valence-electron chi connectivity index (χ4n) is 0.946. The zero-order valence-electron chi connectivity index (χ0n) is 7.95. The van der Waals surface area contributed by atoms with E-state index in [4.69, 9.17) is 4.74 Å². The fraction of sp³-hybridized carbons (Fsp3) is 1.00. The Labute approximate surface area is 76.5 Å². The molecule has 80 valence electrons. The second kappa shape index (κ2) is 6.21. The van der Waals surface area contributed by atoms with Crippen LogP contribution in [-0.4, -0.2) is 32.5 Å². The van der Waals surface area contributed by atoms with Crippen molar-refractivity contribution in [3.63, 3.8) is 0 Å². The molecule has 0 rings (SSSR count). The largest absolute Gasteiger partial charge is 0.389 e. The lowest BCUT2D eigenvalue weighted by molar-refractivity contribution is -0.135. The average Bonchev–Trinajstić information content (AvgIpc) is 1.97. The van der Waals surface area contributed by atoms with Crippen LogP contribution >= 0.6 is 0 Å². The van der Waals surface area contributed by atoms with E-state index in [9.17, 15) is 13.2 Å². The Hall–Kier alpha value is -0.290. The van der Waals surface area contributed by atoms with Crippen LogP contribution in [0.2, 0.25) is 0 Å². The number of hydrogen-bond acceptors (Lipinski definition) is 2. The SMILES string of the molecule is COC[C@H](C)NCCCC(F)(F)F. The number of rotatable bonds is 6. The molecule has 0 aromatic heterocycles. The maximum atomic E-state index is 11.7. The molecule has 0 aromatic rings. The van der Waals surface area contributed by atoms with Crippen LogP contribution < -0.4 is 5.32 Å². The van der Waals surface area contributed by atoms with Crippen LogP contribution in [0.25, 0.3) is 0 Å². The van der Waals surface area contributed by atoms with Gasteiger partial charge in [0.05, 0.1) is 6.61 Å². The molecule has 5 heteroatoms. The summed E-state index contributed by atoms with van der Waals surface area (Å²) >= 11 is 0. The summed E-state index contributed by atoms with van der Waals surface area (Å²) in [4.78, 5) is 0. The number of methoxy groups -OCH3 is 1. The van der Waals surface area contributed by atoms with E-state index in [0.29, 0.717) is 13.2 Å². The molecule has 0 radical (unpaired) electrons. The number of nitrogens with one attached hydrogen (secondary N) is 1. The first-order chi connectivity index (χ1) is 5.95. The molecule has 0 aliphatic heterocycles. The van der Waals surface area contributed by atoms with Gasteiger partial charge in [-0.25, -0.2) is 0 Å². The van der Waals surface area contributed by atoms with E-state index in [1.165, 1.54) is 0 Å². The molecule has 0 aliphatic rings. The zero-order chi connectivity index (χ0) is 10.3. The highest BCUT2D eigenvalue weighted by molar-refractivity contribution is 4.60. The van der Waals surface area contributed by atoms with E-state index >= 15 is 0 Å². The normalized spacial score (nSPS) is 14.5. The van der Waals surface area contributed by atoms with E-state index in [2.05, 4.69) is 5.32 Å². The predicted molar refractivity (Wildman–Crippen MR) is 44.6 cm³/mol. The Bertz CT molecular complexity index is 127. The van der Waals surface area contributed by atoms with Gasteiger partial charge in [0.1, 0.15) is 0 Å². The molecule has 0 unspecified atom stereocenters. The topological polar surface area (TPSA) is 21.3 Å². The van der Waals surface area contributed by atoms with Gasteiger partial charge in [-0.1, -0.05) is 0 Å². The van der Waals surface area contributed by atoms with Gasteiger partial charge in [-0.3, -0.25) is 0 Å². The van der Waals surface area contributed by atoms with Crippen molar-refractivity contribution in [2.24, 2.45) is 0 Å². The summed E-state index contributed by atoms with van der Waals surface area (Å²) in [6.45, 7) is 2.77. The third-order valence-electron chi connectivity index (χ3n) is 1.55.